The standard InChI is InChI=1S/C25H26N6O3S/c1-27-25(32)19-5-3-4-6-20(19)29-22-14-24(28-16-17(22)15-26)30-21-8-7-18(13-23(21)34-2)31-9-11-35(33)12-10-31/h3-8,13-14,16H,9-12H2,1-2H3,(H,27,32)(H2,28,29,30). The van der Waals surface area contributed by atoms with Gasteiger partial charge in [-0.1, -0.05) is 12.1 Å². The number of aromatic nitrogens is 1. The van der Waals surface area contributed by atoms with E-state index in [1.54, 1.807) is 38.4 Å². The Morgan fingerprint density at radius 2 is 1.86 bits per heavy atom. The second kappa shape index (κ2) is 10.9. The Labute approximate surface area is 206 Å². The third-order valence-corrected chi connectivity index (χ3v) is 6.96. The fourth-order valence-corrected chi connectivity index (χ4v) is 4.85. The molecule has 4 rings (SSSR count). The molecular weight excluding hydrogens is 464 g/mol. The Balaban J connectivity index is 1.59. The minimum atomic E-state index is -0.742. The molecule has 9 nitrogen and oxygen atoms in total. The number of hydrogen-bond acceptors (Lipinski definition) is 8. The number of para-hydroxylation sites is 1. The molecule has 35 heavy (non-hydrogen) atoms. The van der Waals surface area contributed by atoms with Crippen LogP contribution in [0.25, 0.3) is 0 Å². The zero-order valence-corrected chi connectivity index (χ0v) is 20.3. The number of nitrogens with one attached hydrogen (secondary N) is 3. The van der Waals surface area contributed by atoms with Crippen LogP contribution in [0.2, 0.25) is 0 Å². The van der Waals surface area contributed by atoms with Gasteiger partial charge in [0.15, 0.2) is 0 Å². The largest absolute Gasteiger partial charge is 0.494 e. The Bertz CT molecular complexity index is 1300. The first-order valence-electron chi connectivity index (χ1n) is 11.1. The zero-order chi connectivity index (χ0) is 24.8. The van der Waals surface area contributed by atoms with Crippen molar-refractivity contribution in [3.05, 3.63) is 65.9 Å². The highest BCUT2D eigenvalue weighted by Crippen LogP contribution is 2.33. The molecule has 0 atom stereocenters. The zero-order valence-electron chi connectivity index (χ0n) is 19.5. The number of pyridine rings is 1. The van der Waals surface area contributed by atoms with Crippen LogP contribution in [-0.2, 0) is 10.8 Å². The molecule has 0 radical (unpaired) electrons. The molecule has 2 heterocycles. The lowest BCUT2D eigenvalue weighted by Crippen LogP contribution is -2.37. The summed E-state index contributed by atoms with van der Waals surface area (Å²) in [5, 5.41) is 18.6. The van der Waals surface area contributed by atoms with E-state index in [1.165, 1.54) is 6.20 Å². The van der Waals surface area contributed by atoms with Crippen molar-refractivity contribution in [3.63, 3.8) is 0 Å². The van der Waals surface area contributed by atoms with E-state index in [9.17, 15) is 14.3 Å². The molecule has 1 aliphatic heterocycles. The van der Waals surface area contributed by atoms with Crippen molar-refractivity contribution >= 4 is 45.3 Å². The lowest BCUT2D eigenvalue weighted by Gasteiger charge is -2.29. The van der Waals surface area contributed by atoms with Gasteiger partial charge in [0, 0.05) is 66.5 Å². The molecule has 1 saturated heterocycles. The SMILES string of the molecule is CNC(=O)c1ccccc1Nc1cc(Nc2ccc(N3CCS(=O)CC3)cc2OC)ncc1C#N. The Morgan fingerprint density at radius 3 is 2.57 bits per heavy atom. The van der Waals surface area contributed by atoms with Gasteiger partial charge in [0.25, 0.3) is 5.91 Å². The van der Waals surface area contributed by atoms with E-state index < -0.39 is 10.8 Å². The van der Waals surface area contributed by atoms with Gasteiger partial charge in [0.05, 0.1) is 35.3 Å². The van der Waals surface area contributed by atoms with Gasteiger partial charge in [0.2, 0.25) is 0 Å². The molecule has 0 saturated carbocycles. The van der Waals surface area contributed by atoms with Crippen LogP contribution >= 0.6 is 0 Å². The molecule has 10 heteroatoms. The minimum absolute atomic E-state index is 0.233. The first-order chi connectivity index (χ1) is 17.0. The fraction of sp³-hybridized carbons (Fsp3) is 0.240. The number of carbonyl (C=O) groups excluding carboxylic acids is 1. The highest BCUT2D eigenvalue weighted by atomic mass is 32.2. The Kier molecular flexibility index (Phi) is 7.48. The van der Waals surface area contributed by atoms with Crippen LogP contribution in [0.15, 0.2) is 54.7 Å². The quantitative estimate of drug-likeness (QED) is 0.461. The van der Waals surface area contributed by atoms with Crippen molar-refractivity contribution in [1.82, 2.24) is 10.3 Å². The maximum absolute atomic E-state index is 12.2. The fourth-order valence-electron chi connectivity index (χ4n) is 3.80. The van der Waals surface area contributed by atoms with Crippen LogP contribution in [0.3, 0.4) is 0 Å². The van der Waals surface area contributed by atoms with E-state index in [0.29, 0.717) is 51.3 Å². The van der Waals surface area contributed by atoms with E-state index >= 15 is 0 Å². The second-order valence-corrected chi connectivity index (χ2v) is 9.52. The van der Waals surface area contributed by atoms with Gasteiger partial charge in [-0.15, -0.1) is 0 Å². The van der Waals surface area contributed by atoms with Crippen molar-refractivity contribution < 1.29 is 13.7 Å². The third-order valence-electron chi connectivity index (χ3n) is 5.68. The number of carbonyl (C=O) groups is 1. The molecule has 3 aromatic rings. The van der Waals surface area contributed by atoms with Crippen molar-refractivity contribution in [2.45, 2.75) is 0 Å². The Morgan fingerprint density at radius 1 is 1.09 bits per heavy atom. The molecular formula is C25H26N6O3S. The molecule has 1 fully saturated rings. The van der Waals surface area contributed by atoms with Gasteiger partial charge in [-0.05, 0) is 24.3 Å². The summed E-state index contributed by atoms with van der Waals surface area (Å²) in [5.41, 5.74) is 3.61. The number of nitrogens with zero attached hydrogens (tertiary/aromatic N) is 3. The average Bonchev–Trinajstić information content (AvgIpc) is 2.89. The number of methoxy groups -OCH3 is 1. The monoisotopic (exact) mass is 490 g/mol. The number of amides is 1. The minimum Gasteiger partial charge on any atom is -0.494 e. The maximum atomic E-state index is 12.2. The topological polar surface area (TPSA) is 119 Å². The van der Waals surface area contributed by atoms with Gasteiger partial charge >= 0.3 is 0 Å². The summed E-state index contributed by atoms with van der Waals surface area (Å²) in [6, 6.07) is 16.8. The summed E-state index contributed by atoms with van der Waals surface area (Å²) in [7, 11) is 2.43. The summed E-state index contributed by atoms with van der Waals surface area (Å²) < 4.78 is 17.3. The van der Waals surface area contributed by atoms with Crippen LogP contribution in [0.1, 0.15) is 15.9 Å². The Hall–Kier alpha value is -4.10. The van der Waals surface area contributed by atoms with E-state index in [2.05, 4.69) is 31.9 Å². The summed E-state index contributed by atoms with van der Waals surface area (Å²) in [4.78, 5) is 18.8. The predicted octanol–water partition coefficient (Wildman–Crippen LogP) is 3.38. The molecule has 0 bridgehead atoms. The maximum Gasteiger partial charge on any atom is 0.253 e. The molecule has 3 N–H and O–H groups in total. The molecule has 1 aromatic heterocycles. The number of anilines is 5. The highest BCUT2D eigenvalue weighted by molar-refractivity contribution is 7.85. The van der Waals surface area contributed by atoms with E-state index in [-0.39, 0.29) is 5.91 Å². The molecule has 1 aliphatic rings. The first-order valence-corrected chi connectivity index (χ1v) is 12.5. The summed E-state index contributed by atoms with van der Waals surface area (Å²) in [5.74, 6) is 2.24. The van der Waals surface area contributed by atoms with E-state index in [0.717, 1.165) is 18.8 Å². The predicted molar refractivity (Wildman–Crippen MR) is 138 cm³/mol. The number of hydrogen-bond donors (Lipinski definition) is 3. The number of ether oxygens (including phenoxy) is 1. The van der Waals surface area contributed by atoms with Crippen molar-refractivity contribution in [2.24, 2.45) is 0 Å². The summed E-state index contributed by atoms with van der Waals surface area (Å²) in [6.45, 7) is 1.48. The summed E-state index contributed by atoms with van der Waals surface area (Å²) in [6.07, 6.45) is 1.47. The normalized spacial score (nSPS) is 13.6. The average molecular weight is 491 g/mol. The summed E-state index contributed by atoms with van der Waals surface area (Å²) >= 11 is 0. The van der Waals surface area contributed by atoms with Crippen molar-refractivity contribution in [1.29, 1.82) is 5.26 Å². The van der Waals surface area contributed by atoms with Gasteiger partial charge in [-0.2, -0.15) is 5.26 Å². The molecule has 0 spiro atoms. The lowest BCUT2D eigenvalue weighted by molar-refractivity contribution is 0.0964. The van der Waals surface area contributed by atoms with Crippen molar-refractivity contribution in [2.75, 3.05) is 54.3 Å². The van der Waals surface area contributed by atoms with Crippen LogP contribution < -0.4 is 25.6 Å². The van der Waals surface area contributed by atoms with E-state index in [4.69, 9.17) is 4.74 Å². The smallest absolute Gasteiger partial charge is 0.253 e. The molecule has 180 valence electrons. The first kappa shape index (κ1) is 24.0. The third kappa shape index (κ3) is 5.53. The number of nitriles is 1. The van der Waals surface area contributed by atoms with Crippen molar-refractivity contribution in [3.8, 4) is 11.8 Å². The molecule has 1 amide bonds. The van der Waals surface area contributed by atoms with Gasteiger partial charge < -0.3 is 25.6 Å². The molecule has 0 aliphatic carbocycles. The van der Waals surface area contributed by atoms with Crippen LogP contribution in [-0.4, -0.2) is 53.9 Å². The lowest BCUT2D eigenvalue weighted by atomic mass is 10.1. The van der Waals surface area contributed by atoms with Crippen LogP contribution in [0, 0.1) is 11.3 Å². The number of rotatable bonds is 7. The van der Waals surface area contributed by atoms with Crippen LogP contribution in [0.4, 0.5) is 28.6 Å². The highest BCUT2D eigenvalue weighted by Gasteiger charge is 2.18. The van der Waals surface area contributed by atoms with Gasteiger partial charge in [-0.25, -0.2) is 4.98 Å². The van der Waals surface area contributed by atoms with Crippen LogP contribution in [0.5, 0.6) is 5.75 Å². The number of benzene rings is 2. The molecule has 2 aromatic carbocycles. The molecule has 0 unspecified atom stereocenters. The van der Waals surface area contributed by atoms with E-state index in [1.807, 2.05) is 24.3 Å². The second-order valence-electron chi connectivity index (χ2n) is 7.82. The van der Waals surface area contributed by atoms with Gasteiger partial charge in [0.1, 0.15) is 17.6 Å². The van der Waals surface area contributed by atoms with Gasteiger partial charge in [-0.3, -0.25) is 9.00 Å².